The summed E-state index contributed by atoms with van der Waals surface area (Å²) in [5, 5.41) is 6.40. The van der Waals surface area contributed by atoms with E-state index in [4.69, 9.17) is 17.2 Å². The number of carbonyl (C=O) groups is 3. The van der Waals surface area contributed by atoms with Crippen LogP contribution in [0.5, 0.6) is 0 Å². The van der Waals surface area contributed by atoms with Crippen LogP contribution in [0.4, 0.5) is 14.4 Å². The number of nitrogens with two attached hydrogens (primary N) is 3. The SMILES string of the molecule is NC(=O)NCC(NC(N)=O)NC(N)=O. The molecule has 0 aliphatic heterocycles. The fourth-order valence-electron chi connectivity index (χ4n) is 0.684. The molecule has 0 aliphatic carbocycles. The van der Waals surface area contributed by atoms with E-state index in [1.807, 2.05) is 0 Å². The molecule has 0 aromatic carbocycles. The highest BCUT2D eigenvalue weighted by Gasteiger charge is 2.11. The first-order valence-electron chi connectivity index (χ1n) is 3.57. The smallest absolute Gasteiger partial charge is 0.313 e. The first kappa shape index (κ1) is 11.8. The van der Waals surface area contributed by atoms with E-state index in [9.17, 15) is 14.4 Å². The van der Waals surface area contributed by atoms with E-state index in [0.717, 1.165) is 0 Å². The maximum absolute atomic E-state index is 10.4. The molecule has 0 bridgehead atoms. The Morgan fingerprint density at radius 2 is 1.36 bits per heavy atom. The van der Waals surface area contributed by atoms with Crippen molar-refractivity contribution in [1.29, 1.82) is 0 Å². The third kappa shape index (κ3) is 6.52. The molecule has 0 rings (SSSR count). The summed E-state index contributed by atoms with van der Waals surface area (Å²) in [6, 6.07) is -2.53. The van der Waals surface area contributed by atoms with Gasteiger partial charge in [0.1, 0.15) is 6.17 Å². The number of hydrogen-bond donors (Lipinski definition) is 6. The van der Waals surface area contributed by atoms with Crippen molar-refractivity contribution in [3.05, 3.63) is 0 Å². The molecular weight excluding hydrogens is 192 g/mol. The third-order valence-electron chi connectivity index (χ3n) is 1.11. The van der Waals surface area contributed by atoms with Gasteiger partial charge in [-0.2, -0.15) is 0 Å². The van der Waals surface area contributed by atoms with Crippen LogP contribution in [0.15, 0.2) is 0 Å². The topological polar surface area (TPSA) is 165 Å². The Kier molecular flexibility index (Phi) is 4.60. The maximum Gasteiger partial charge on any atom is 0.313 e. The van der Waals surface area contributed by atoms with Crippen LogP contribution >= 0.6 is 0 Å². The van der Waals surface area contributed by atoms with Crippen molar-refractivity contribution in [2.45, 2.75) is 6.17 Å². The van der Waals surface area contributed by atoms with Crippen LogP contribution in [-0.4, -0.2) is 30.8 Å². The summed E-state index contributed by atoms with van der Waals surface area (Å²) in [6.45, 7) is -0.110. The van der Waals surface area contributed by atoms with Crippen LogP contribution in [0.25, 0.3) is 0 Å². The Morgan fingerprint density at radius 3 is 1.64 bits per heavy atom. The highest BCUT2D eigenvalue weighted by molar-refractivity contribution is 5.76. The molecule has 0 fully saturated rings. The lowest BCUT2D eigenvalue weighted by Crippen LogP contribution is -2.56. The monoisotopic (exact) mass is 204 g/mol. The Labute approximate surface area is 79.4 Å². The van der Waals surface area contributed by atoms with Crippen LogP contribution < -0.4 is 33.2 Å². The largest absolute Gasteiger partial charge is 0.352 e. The average Bonchev–Trinajstić information content (AvgIpc) is 1.97. The molecule has 0 aromatic heterocycles. The summed E-state index contributed by atoms with van der Waals surface area (Å²) in [5.41, 5.74) is 14.3. The molecule has 9 nitrogen and oxygen atoms in total. The van der Waals surface area contributed by atoms with Gasteiger partial charge in [-0.15, -0.1) is 0 Å². The van der Waals surface area contributed by atoms with Crippen LogP contribution in [-0.2, 0) is 0 Å². The quantitative estimate of drug-likeness (QED) is 0.275. The molecular formula is C5H12N6O3. The first-order chi connectivity index (χ1) is 6.41. The third-order valence-corrected chi connectivity index (χ3v) is 1.11. The van der Waals surface area contributed by atoms with Gasteiger partial charge >= 0.3 is 18.1 Å². The van der Waals surface area contributed by atoms with E-state index >= 15 is 0 Å². The Hall–Kier alpha value is -2.19. The highest BCUT2D eigenvalue weighted by atomic mass is 16.2. The van der Waals surface area contributed by atoms with Crippen LogP contribution in [0.1, 0.15) is 0 Å². The Balaban J connectivity index is 4.03. The van der Waals surface area contributed by atoms with Gasteiger partial charge in [0.05, 0.1) is 6.54 Å². The summed E-state index contributed by atoms with van der Waals surface area (Å²) in [7, 11) is 0. The molecule has 9 N–H and O–H groups in total. The average molecular weight is 204 g/mol. The number of primary amides is 3. The molecule has 0 radical (unpaired) electrons. The molecule has 0 spiro atoms. The van der Waals surface area contributed by atoms with Gasteiger partial charge in [-0.1, -0.05) is 0 Å². The second-order valence-corrected chi connectivity index (χ2v) is 2.31. The van der Waals surface area contributed by atoms with Gasteiger partial charge in [-0.05, 0) is 0 Å². The van der Waals surface area contributed by atoms with Gasteiger partial charge in [0.25, 0.3) is 0 Å². The van der Waals surface area contributed by atoms with E-state index in [2.05, 4.69) is 16.0 Å². The van der Waals surface area contributed by atoms with E-state index in [1.165, 1.54) is 0 Å². The van der Waals surface area contributed by atoms with E-state index in [1.54, 1.807) is 0 Å². The van der Waals surface area contributed by atoms with Crippen molar-refractivity contribution in [2.75, 3.05) is 6.54 Å². The van der Waals surface area contributed by atoms with E-state index in [-0.39, 0.29) is 6.54 Å². The molecule has 0 aromatic rings. The van der Waals surface area contributed by atoms with Gasteiger partial charge in [0, 0.05) is 0 Å². The lowest BCUT2D eigenvalue weighted by atomic mass is 10.4. The number of urea groups is 3. The maximum atomic E-state index is 10.4. The minimum atomic E-state index is -0.891. The van der Waals surface area contributed by atoms with E-state index < -0.39 is 24.3 Å². The Bertz CT molecular complexity index is 226. The van der Waals surface area contributed by atoms with Crippen LogP contribution in [0.2, 0.25) is 0 Å². The summed E-state index contributed by atoms with van der Waals surface area (Å²) in [6.07, 6.45) is -0.891. The van der Waals surface area contributed by atoms with Crippen molar-refractivity contribution in [3.63, 3.8) is 0 Å². The molecule has 14 heavy (non-hydrogen) atoms. The molecule has 80 valence electrons. The molecule has 0 unspecified atom stereocenters. The van der Waals surface area contributed by atoms with Crippen molar-refractivity contribution in [2.24, 2.45) is 17.2 Å². The summed E-state index contributed by atoms with van der Waals surface area (Å²) in [4.78, 5) is 31.1. The zero-order valence-corrected chi connectivity index (χ0v) is 7.24. The minimum Gasteiger partial charge on any atom is -0.352 e. The zero-order chi connectivity index (χ0) is 11.1. The lowest BCUT2D eigenvalue weighted by Gasteiger charge is -2.17. The van der Waals surface area contributed by atoms with Gasteiger partial charge in [-0.25, -0.2) is 14.4 Å². The van der Waals surface area contributed by atoms with Gasteiger partial charge in [0.2, 0.25) is 0 Å². The molecule has 0 aliphatic rings. The van der Waals surface area contributed by atoms with Gasteiger partial charge < -0.3 is 33.2 Å². The minimum absolute atomic E-state index is 0.110. The van der Waals surface area contributed by atoms with Gasteiger partial charge in [0.15, 0.2) is 0 Å². The molecule has 0 atom stereocenters. The summed E-state index contributed by atoms with van der Waals surface area (Å²) < 4.78 is 0. The predicted octanol–water partition coefficient (Wildman–Crippen LogP) is -2.68. The second kappa shape index (κ2) is 5.45. The van der Waals surface area contributed by atoms with Gasteiger partial charge in [-0.3, -0.25) is 0 Å². The number of hydrogen-bond acceptors (Lipinski definition) is 3. The van der Waals surface area contributed by atoms with Crippen molar-refractivity contribution < 1.29 is 14.4 Å². The van der Waals surface area contributed by atoms with Crippen molar-refractivity contribution in [3.8, 4) is 0 Å². The number of rotatable bonds is 4. The summed E-state index contributed by atoms with van der Waals surface area (Å²) >= 11 is 0. The molecule has 6 amide bonds. The fourth-order valence-corrected chi connectivity index (χ4v) is 0.684. The van der Waals surface area contributed by atoms with Crippen molar-refractivity contribution >= 4 is 18.1 Å². The summed E-state index contributed by atoms with van der Waals surface area (Å²) in [5.74, 6) is 0. The molecule has 9 heteroatoms. The van der Waals surface area contributed by atoms with Crippen LogP contribution in [0, 0.1) is 0 Å². The fraction of sp³-hybridized carbons (Fsp3) is 0.400. The van der Waals surface area contributed by atoms with Crippen molar-refractivity contribution in [1.82, 2.24) is 16.0 Å². The number of carbonyl (C=O) groups excluding carboxylic acids is 3. The number of nitrogens with one attached hydrogen (secondary N) is 3. The standard InChI is InChI=1S/C5H12N6O3/c6-3(12)9-1-2(10-4(7)13)11-5(8)14/h2H,1H2,(H3,6,9,12)(H3,7,10,13)(H3,8,11,14). The van der Waals surface area contributed by atoms with Crippen LogP contribution in [0.3, 0.4) is 0 Å². The zero-order valence-electron chi connectivity index (χ0n) is 7.24. The lowest BCUT2D eigenvalue weighted by molar-refractivity contribution is 0.230. The normalized spacial score (nSPS) is 9.21. The molecule has 0 heterocycles. The highest BCUT2D eigenvalue weighted by Crippen LogP contribution is 1.75. The van der Waals surface area contributed by atoms with E-state index in [0.29, 0.717) is 0 Å². The molecule has 0 saturated carbocycles. The first-order valence-corrected chi connectivity index (χ1v) is 3.57. The predicted molar refractivity (Wildman–Crippen MR) is 46.8 cm³/mol. The Morgan fingerprint density at radius 1 is 0.929 bits per heavy atom. The molecule has 0 saturated heterocycles. The second-order valence-electron chi connectivity index (χ2n) is 2.31. The number of amides is 6.